The molecule has 0 spiro atoms. The molecule has 0 saturated carbocycles. The topological polar surface area (TPSA) is 66.4 Å². The van der Waals surface area contributed by atoms with Crippen molar-refractivity contribution < 1.29 is 17.9 Å². The number of benzene rings is 2. The summed E-state index contributed by atoms with van der Waals surface area (Å²) in [7, 11) is -3.79. The van der Waals surface area contributed by atoms with Crippen molar-refractivity contribution in [3.05, 3.63) is 64.9 Å². The predicted molar refractivity (Wildman–Crippen MR) is 82.6 cm³/mol. The van der Waals surface area contributed by atoms with Crippen molar-refractivity contribution >= 4 is 21.6 Å². The van der Waals surface area contributed by atoms with Gasteiger partial charge in [-0.15, -0.1) is 0 Å². The van der Waals surface area contributed by atoms with Gasteiger partial charge in [0.2, 0.25) is 10.0 Å². The van der Waals surface area contributed by atoms with Gasteiger partial charge >= 0.3 is 0 Å². The van der Waals surface area contributed by atoms with Gasteiger partial charge in [-0.25, -0.2) is 17.5 Å². The SMILES string of the molecule is O=S(=O)(NCC[C@H](O)c1ccccc1)c1ccc(F)c(Cl)c1. The molecule has 118 valence electrons. The molecule has 2 aromatic carbocycles. The molecule has 22 heavy (non-hydrogen) atoms. The van der Waals surface area contributed by atoms with Gasteiger partial charge in [0.1, 0.15) is 5.82 Å². The molecule has 1 atom stereocenters. The van der Waals surface area contributed by atoms with Crippen molar-refractivity contribution in [2.45, 2.75) is 17.4 Å². The van der Waals surface area contributed by atoms with Gasteiger partial charge in [-0.2, -0.15) is 0 Å². The second-order valence-corrected chi connectivity index (χ2v) is 6.86. The molecule has 0 unspecified atom stereocenters. The normalized spacial score (nSPS) is 13.0. The Morgan fingerprint density at radius 3 is 2.50 bits per heavy atom. The zero-order chi connectivity index (χ0) is 16.2. The first-order valence-corrected chi connectivity index (χ1v) is 8.44. The van der Waals surface area contributed by atoms with Gasteiger partial charge in [-0.1, -0.05) is 41.9 Å². The largest absolute Gasteiger partial charge is 0.388 e. The first-order chi connectivity index (χ1) is 10.4. The standard InChI is InChI=1S/C15H15ClFNO3S/c16-13-10-12(6-7-14(13)17)22(20,21)18-9-8-15(19)11-4-2-1-3-5-11/h1-7,10,15,18-19H,8-9H2/t15-/m0/s1. The molecule has 2 rings (SSSR count). The van der Waals surface area contributed by atoms with Crippen LogP contribution in [-0.2, 0) is 10.0 Å². The molecule has 0 bridgehead atoms. The zero-order valence-electron chi connectivity index (χ0n) is 11.5. The van der Waals surface area contributed by atoms with E-state index in [1.54, 1.807) is 24.3 Å². The van der Waals surface area contributed by atoms with Crippen LogP contribution >= 0.6 is 11.6 Å². The van der Waals surface area contributed by atoms with Crippen molar-refractivity contribution in [2.24, 2.45) is 0 Å². The van der Waals surface area contributed by atoms with E-state index in [4.69, 9.17) is 11.6 Å². The maximum atomic E-state index is 13.1. The summed E-state index contributed by atoms with van der Waals surface area (Å²) < 4.78 is 39.5. The number of hydrogen-bond donors (Lipinski definition) is 2. The molecule has 0 aliphatic carbocycles. The Bertz CT molecular complexity index is 738. The summed E-state index contributed by atoms with van der Waals surface area (Å²) in [4.78, 5) is -0.117. The van der Waals surface area contributed by atoms with Crippen molar-refractivity contribution in [1.82, 2.24) is 4.72 Å². The lowest BCUT2D eigenvalue weighted by Gasteiger charge is -2.12. The Labute approximate surface area is 133 Å². The summed E-state index contributed by atoms with van der Waals surface area (Å²) >= 11 is 5.58. The fourth-order valence-electron chi connectivity index (χ4n) is 1.90. The predicted octanol–water partition coefficient (Wildman–Crippen LogP) is 2.88. The van der Waals surface area contributed by atoms with Crippen LogP contribution in [0.4, 0.5) is 4.39 Å². The molecule has 0 amide bonds. The van der Waals surface area contributed by atoms with E-state index in [0.29, 0.717) is 5.56 Å². The molecule has 0 aliphatic heterocycles. The molecule has 0 heterocycles. The van der Waals surface area contributed by atoms with Crippen LogP contribution in [0.3, 0.4) is 0 Å². The summed E-state index contributed by atoms with van der Waals surface area (Å²) in [5.74, 6) is -0.680. The number of halogens is 2. The lowest BCUT2D eigenvalue weighted by Crippen LogP contribution is -2.26. The number of sulfonamides is 1. The van der Waals surface area contributed by atoms with Crippen molar-refractivity contribution in [1.29, 1.82) is 0 Å². The van der Waals surface area contributed by atoms with Gasteiger partial charge in [-0.3, -0.25) is 0 Å². The van der Waals surface area contributed by atoms with Crippen LogP contribution in [0.1, 0.15) is 18.1 Å². The third kappa shape index (κ3) is 4.27. The Balaban J connectivity index is 1.97. The minimum Gasteiger partial charge on any atom is -0.388 e. The second-order valence-electron chi connectivity index (χ2n) is 4.69. The highest BCUT2D eigenvalue weighted by Crippen LogP contribution is 2.20. The molecule has 2 aromatic rings. The van der Waals surface area contributed by atoms with Crippen molar-refractivity contribution in [3.8, 4) is 0 Å². The van der Waals surface area contributed by atoms with Crippen LogP contribution in [0.15, 0.2) is 53.4 Å². The van der Waals surface area contributed by atoms with Gasteiger partial charge in [0.15, 0.2) is 0 Å². The van der Waals surface area contributed by atoms with Crippen LogP contribution in [0, 0.1) is 5.82 Å². The summed E-state index contributed by atoms with van der Waals surface area (Å²) in [5, 5.41) is 9.71. The van der Waals surface area contributed by atoms with E-state index in [9.17, 15) is 17.9 Å². The summed E-state index contributed by atoms with van der Waals surface area (Å²) in [6.45, 7) is 0.0490. The minimum atomic E-state index is -3.79. The average molecular weight is 344 g/mol. The fourth-order valence-corrected chi connectivity index (χ4v) is 3.22. The summed E-state index contributed by atoms with van der Waals surface area (Å²) in [5.41, 5.74) is 0.714. The van der Waals surface area contributed by atoms with Crippen molar-refractivity contribution in [2.75, 3.05) is 6.54 Å². The molecule has 0 aromatic heterocycles. The lowest BCUT2D eigenvalue weighted by atomic mass is 10.1. The van der Waals surface area contributed by atoms with E-state index in [1.165, 1.54) is 0 Å². The maximum absolute atomic E-state index is 13.1. The van der Waals surface area contributed by atoms with E-state index in [0.717, 1.165) is 18.2 Å². The van der Waals surface area contributed by atoms with Crippen molar-refractivity contribution in [3.63, 3.8) is 0 Å². The van der Waals surface area contributed by atoms with E-state index >= 15 is 0 Å². The monoisotopic (exact) mass is 343 g/mol. The molecule has 0 saturated heterocycles. The third-order valence-corrected chi connectivity index (χ3v) is 4.84. The number of hydrogen-bond acceptors (Lipinski definition) is 3. The van der Waals surface area contributed by atoms with Gasteiger partial charge in [0.25, 0.3) is 0 Å². The molecule has 4 nitrogen and oxygen atoms in total. The molecular formula is C15H15ClFNO3S. The van der Waals surface area contributed by atoms with Crippen LogP contribution in [0.5, 0.6) is 0 Å². The van der Waals surface area contributed by atoms with Crippen LogP contribution in [0.25, 0.3) is 0 Å². The highest BCUT2D eigenvalue weighted by atomic mass is 35.5. The zero-order valence-corrected chi connectivity index (χ0v) is 13.1. The average Bonchev–Trinajstić information content (AvgIpc) is 2.50. The number of aliphatic hydroxyl groups is 1. The molecule has 0 radical (unpaired) electrons. The lowest BCUT2D eigenvalue weighted by molar-refractivity contribution is 0.169. The smallest absolute Gasteiger partial charge is 0.240 e. The van der Waals surface area contributed by atoms with E-state index in [1.807, 2.05) is 6.07 Å². The van der Waals surface area contributed by atoms with Gasteiger partial charge < -0.3 is 5.11 Å². The molecular weight excluding hydrogens is 329 g/mol. The van der Waals surface area contributed by atoms with E-state index in [2.05, 4.69) is 4.72 Å². The molecule has 0 fully saturated rings. The van der Waals surface area contributed by atoms with Gasteiger partial charge in [-0.05, 0) is 30.2 Å². The van der Waals surface area contributed by atoms with Crippen LogP contribution in [-0.4, -0.2) is 20.1 Å². The first kappa shape index (κ1) is 16.9. The Morgan fingerprint density at radius 1 is 1.18 bits per heavy atom. The minimum absolute atomic E-state index is 0.0490. The highest BCUT2D eigenvalue weighted by Gasteiger charge is 2.16. The fraction of sp³-hybridized carbons (Fsp3) is 0.200. The Kier molecular flexibility index (Phi) is 5.52. The molecule has 7 heteroatoms. The quantitative estimate of drug-likeness (QED) is 0.847. The number of nitrogens with one attached hydrogen (secondary N) is 1. The number of rotatable bonds is 6. The molecule has 0 aliphatic rings. The van der Waals surface area contributed by atoms with Crippen LogP contribution in [0.2, 0.25) is 5.02 Å². The van der Waals surface area contributed by atoms with Crippen LogP contribution < -0.4 is 4.72 Å². The first-order valence-electron chi connectivity index (χ1n) is 6.58. The Morgan fingerprint density at radius 2 is 1.86 bits per heavy atom. The maximum Gasteiger partial charge on any atom is 0.240 e. The highest BCUT2D eigenvalue weighted by molar-refractivity contribution is 7.89. The number of aliphatic hydroxyl groups excluding tert-OH is 1. The summed E-state index contributed by atoms with van der Waals surface area (Å²) in [6, 6.07) is 12.1. The molecule has 2 N–H and O–H groups in total. The Hall–Kier alpha value is -1.47. The van der Waals surface area contributed by atoms with Gasteiger partial charge in [0, 0.05) is 6.54 Å². The second kappa shape index (κ2) is 7.19. The third-order valence-electron chi connectivity index (χ3n) is 3.10. The van der Waals surface area contributed by atoms with E-state index in [-0.39, 0.29) is 22.9 Å². The summed E-state index contributed by atoms with van der Waals surface area (Å²) in [6.07, 6.45) is -0.543. The van der Waals surface area contributed by atoms with Gasteiger partial charge in [0.05, 0.1) is 16.0 Å². The van der Waals surface area contributed by atoms with E-state index < -0.39 is 21.9 Å².